The number of hydrogen-bond donors (Lipinski definition) is 1. The van der Waals surface area contributed by atoms with Gasteiger partial charge in [-0.1, -0.05) is 18.2 Å². The molecule has 3 aromatic rings. The number of rotatable bonds is 7. The van der Waals surface area contributed by atoms with Gasteiger partial charge in [0.2, 0.25) is 0 Å². The van der Waals surface area contributed by atoms with Gasteiger partial charge in [-0.15, -0.1) is 0 Å². The van der Waals surface area contributed by atoms with Crippen LogP contribution in [0, 0.1) is 12.7 Å². The molecule has 1 aromatic heterocycles. The van der Waals surface area contributed by atoms with Crippen molar-refractivity contribution < 1.29 is 13.9 Å². The highest BCUT2D eigenvalue weighted by molar-refractivity contribution is 5.95. The van der Waals surface area contributed by atoms with Crippen LogP contribution in [0.2, 0.25) is 0 Å². The number of likely N-dealkylation sites (tertiary alicyclic amines) is 1. The Morgan fingerprint density at radius 1 is 1.16 bits per heavy atom. The average molecular weight is 423 g/mol. The summed E-state index contributed by atoms with van der Waals surface area (Å²) in [6, 6.07) is 14.0. The van der Waals surface area contributed by atoms with Crippen molar-refractivity contribution in [2.24, 2.45) is 0 Å². The molecule has 0 aliphatic carbocycles. The summed E-state index contributed by atoms with van der Waals surface area (Å²) >= 11 is 0. The normalized spacial score (nSPS) is 15.1. The summed E-state index contributed by atoms with van der Waals surface area (Å²) in [4.78, 5) is 15.4. The van der Waals surface area contributed by atoms with E-state index in [1.54, 1.807) is 30.1 Å². The number of para-hydroxylation sites is 1. The van der Waals surface area contributed by atoms with Crippen LogP contribution < -0.4 is 10.1 Å². The molecule has 1 aliphatic heterocycles. The van der Waals surface area contributed by atoms with Gasteiger partial charge in [-0.05, 0) is 63.2 Å². The van der Waals surface area contributed by atoms with Crippen LogP contribution >= 0.6 is 0 Å². The minimum absolute atomic E-state index is 0.0371. The Bertz CT molecular complexity index is 1040. The van der Waals surface area contributed by atoms with Crippen molar-refractivity contribution in [2.45, 2.75) is 25.8 Å². The summed E-state index contributed by atoms with van der Waals surface area (Å²) in [6.07, 6.45) is 3.87. The molecule has 1 amide bonds. The van der Waals surface area contributed by atoms with Gasteiger partial charge >= 0.3 is 0 Å². The summed E-state index contributed by atoms with van der Waals surface area (Å²) < 4.78 is 20.5. The lowest BCUT2D eigenvalue weighted by Crippen LogP contribution is -2.37. The zero-order valence-electron chi connectivity index (χ0n) is 17.8. The van der Waals surface area contributed by atoms with E-state index in [-0.39, 0.29) is 17.8 Å². The van der Waals surface area contributed by atoms with Crippen LogP contribution in [0.15, 0.2) is 54.7 Å². The maximum Gasteiger partial charge on any atom is 0.254 e. The number of aromatic nitrogens is 2. The largest absolute Gasteiger partial charge is 0.496 e. The van der Waals surface area contributed by atoms with Crippen LogP contribution in [-0.2, 0) is 0 Å². The molecular formula is C24H27FN4O2. The maximum atomic E-state index is 13.2. The van der Waals surface area contributed by atoms with Gasteiger partial charge in [0.15, 0.2) is 0 Å². The molecule has 0 saturated carbocycles. The van der Waals surface area contributed by atoms with E-state index in [2.05, 4.69) is 21.4 Å². The van der Waals surface area contributed by atoms with Crippen molar-refractivity contribution in [3.63, 3.8) is 0 Å². The highest BCUT2D eigenvalue weighted by atomic mass is 19.1. The second kappa shape index (κ2) is 9.31. The molecule has 2 heterocycles. The molecule has 1 unspecified atom stereocenters. The number of halogens is 1. The Kier molecular flexibility index (Phi) is 6.32. The Morgan fingerprint density at radius 2 is 1.87 bits per heavy atom. The number of carbonyl (C=O) groups is 1. The van der Waals surface area contributed by atoms with Crippen LogP contribution in [0.4, 0.5) is 4.39 Å². The first kappa shape index (κ1) is 21.1. The number of methoxy groups -OCH3 is 1. The quantitative estimate of drug-likeness (QED) is 0.628. The smallest absolute Gasteiger partial charge is 0.254 e. The lowest BCUT2D eigenvalue weighted by molar-refractivity contribution is 0.0936. The Morgan fingerprint density at radius 3 is 2.58 bits per heavy atom. The zero-order chi connectivity index (χ0) is 21.8. The number of nitrogens with one attached hydrogen (secondary N) is 1. The fourth-order valence-electron chi connectivity index (χ4n) is 4.19. The van der Waals surface area contributed by atoms with Crippen LogP contribution in [0.1, 0.15) is 40.5 Å². The number of amides is 1. The first-order valence-electron chi connectivity index (χ1n) is 10.5. The van der Waals surface area contributed by atoms with Crippen molar-refractivity contribution in [1.82, 2.24) is 20.0 Å². The van der Waals surface area contributed by atoms with Crippen molar-refractivity contribution in [3.8, 4) is 11.4 Å². The van der Waals surface area contributed by atoms with Gasteiger partial charge in [0.1, 0.15) is 11.6 Å². The number of hydrogen-bond acceptors (Lipinski definition) is 4. The van der Waals surface area contributed by atoms with Gasteiger partial charge in [-0.3, -0.25) is 9.69 Å². The van der Waals surface area contributed by atoms with Gasteiger partial charge < -0.3 is 10.1 Å². The number of benzene rings is 2. The molecule has 162 valence electrons. The molecule has 1 N–H and O–H groups in total. The highest BCUT2D eigenvalue weighted by Crippen LogP contribution is 2.31. The van der Waals surface area contributed by atoms with Crippen molar-refractivity contribution in [1.29, 1.82) is 0 Å². The molecule has 1 aliphatic rings. The molecule has 0 radical (unpaired) electrons. The zero-order valence-corrected chi connectivity index (χ0v) is 17.8. The van der Waals surface area contributed by atoms with Gasteiger partial charge in [0.05, 0.1) is 36.3 Å². The molecule has 0 bridgehead atoms. The van der Waals surface area contributed by atoms with Gasteiger partial charge in [-0.25, -0.2) is 9.07 Å². The maximum absolute atomic E-state index is 13.2. The van der Waals surface area contributed by atoms with Crippen LogP contribution in [0.3, 0.4) is 0 Å². The average Bonchev–Trinajstić information content (AvgIpc) is 3.45. The Balaban J connectivity index is 1.52. The predicted octanol–water partition coefficient (Wildman–Crippen LogP) is 3.90. The molecule has 6 nitrogen and oxygen atoms in total. The summed E-state index contributed by atoms with van der Waals surface area (Å²) in [5.41, 5.74) is 3.00. The van der Waals surface area contributed by atoms with Gasteiger partial charge in [0, 0.05) is 12.1 Å². The minimum Gasteiger partial charge on any atom is -0.496 e. The van der Waals surface area contributed by atoms with Crippen LogP contribution in [0.5, 0.6) is 5.75 Å². The van der Waals surface area contributed by atoms with Crippen LogP contribution in [-0.4, -0.2) is 47.3 Å². The summed E-state index contributed by atoms with van der Waals surface area (Å²) in [5, 5.41) is 7.42. The van der Waals surface area contributed by atoms with E-state index in [0.717, 1.165) is 37.2 Å². The van der Waals surface area contributed by atoms with Crippen molar-refractivity contribution in [3.05, 3.63) is 77.4 Å². The van der Waals surface area contributed by atoms with Gasteiger partial charge in [0.25, 0.3) is 5.91 Å². The number of nitrogens with zero attached hydrogens (tertiary/aromatic N) is 3. The first-order valence-corrected chi connectivity index (χ1v) is 10.5. The van der Waals surface area contributed by atoms with Crippen LogP contribution in [0.25, 0.3) is 5.69 Å². The minimum atomic E-state index is -0.309. The van der Waals surface area contributed by atoms with E-state index in [1.165, 1.54) is 12.1 Å². The third-order valence-electron chi connectivity index (χ3n) is 5.86. The SMILES string of the molecule is COc1ccccc1C(CNC(=O)c1cnn(-c2ccc(F)cc2)c1C)N1CCCC1. The Hall–Kier alpha value is -3.19. The molecule has 0 spiro atoms. The van der Waals surface area contributed by atoms with E-state index < -0.39 is 0 Å². The summed E-state index contributed by atoms with van der Waals surface area (Å²) in [5.74, 6) is 0.342. The van der Waals surface area contributed by atoms with Crippen molar-refractivity contribution >= 4 is 5.91 Å². The fraction of sp³-hybridized carbons (Fsp3) is 0.333. The molecule has 7 heteroatoms. The monoisotopic (exact) mass is 422 g/mol. The van der Waals surface area contributed by atoms with E-state index in [0.29, 0.717) is 23.5 Å². The number of carbonyl (C=O) groups excluding carboxylic acids is 1. The third kappa shape index (κ3) is 4.46. The second-order valence-corrected chi connectivity index (χ2v) is 7.74. The van der Waals surface area contributed by atoms with E-state index >= 15 is 0 Å². The third-order valence-corrected chi connectivity index (χ3v) is 5.86. The molecule has 2 aromatic carbocycles. The molecule has 1 saturated heterocycles. The fourth-order valence-corrected chi connectivity index (χ4v) is 4.19. The Labute approximate surface area is 181 Å². The lowest BCUT2D eigenvalue weighted by Gasteiger charge is -2.29. The predicted molar refractivity (Wildman–Crippen MR) is 117 cm³/mol. The second-order valence-electron chi connectivity index (χ2n) is 7.74. The first-order chi connectivity index (χ1) is 15.1. The molecular weight excluding hydrogens is 395 g/mol. The summed E-state index contributed by atoms with van der Waals surface area (Å²) in [7, 11) is 1.67. The van der Waals surface area contributed by atoms with E-state index in [1.807, 2.05) is 25.1 Å². The highest BCUT2D eigenvalue weighted by Gasteiger charge is 2.27. The molecule has 1 atom stereocenters. The topological polar surface area (TPSA) is 59.4 Å². The number of ether oxygens (including phenoxy) is 1. The standard InChI is InChI=1S/C24H27FN4O2/c1-17-21(15-27-29(17)19-11-9-18(25)10-12-19)24(30)26-16-22(28-13-5-6-14-28)20-7-3-4-8-23(20)31-2/h3-4,7-12,15,22H,5-6,13-14,16H2,1-2H3,(H,26,30). The molecule has 4 rings (SSSR count). The lowest BCUT2D eigenvalue weighted by atomic mass is 10.0. The van der Waals surface area contributed by atoms with E-state index in [4.69, 9.17) is 4.74 Å². The van der Waals surface area contributed by atoms with Crippen molar-refractivity contribution in [2.75, 3.05) is 26.7 Å². The van der Waals surface area contributed by atoms with Gasteiger partial charge in [-0.2, -0.15) is 5.10 Å². The molecule has 1 fully saturated rings. The van der Waals surface area contributed by atoms with E-state index in [9.17, 15) is 9.18 Å². The summed E-state index contributed by atoms with van der Waals surface area (Å²) in [6.45, 7) is 4.31. The molecule has 31 heavy (non-hydrogen) atoms.